The average Bonchev–Trinajstić information content (AvgIpc) is 2.47. The van der Waals surface area contributed by atoms with E-state index < -0.39 is 0 Å². The van der Waals surface area contributed by atoms with Crippen LogP contribution in [0.1, 0.15) is 32.3 Å². The first-order valence-electron chi connectivity index (χ1n) is 8.23. The van der Waals surface area contributed by atoms with E-state index in [1.54, 1.807) is 7.11 Å². The van der Waals surface area contributed by atoms with Crippen LogP contribution in [0.4, 0.5) is 0 Å². The van der Waals surface area contributed by atoms with E-state index >= 15 is 0 Å². The molecule has 2 atom stereocenters. The van der Waals surface area contributed by atoms with Crippen molar-refractivity contribution in [1.82, 2.24) is 4.90 Å². The fourth-order valence-corrected chi connectivity index (χ4v) is 2.98. The predicted molar refractivity (Wildman–Crippen MR) is 88.9 cm³/mol. The highest BCUT2D eigenvalue weighted by Crippen LogP contribution is 2.27. The molecule has 1 heterocycles. The minimum atomic E-state index is 0.344. The summed E-state index contributed by atoms with van der Waals surface area (Å²) in [5.74, 6) is 1.65. The maximum absolute atomic E-state index is 5.85. The van der Waals surface area contributed by atoms with Gasteiger partial charge >= 0.3 is 0 Å². The molecule has 1 saturated heterocycles. The van der Waals surface area contributed by atoms with Gasteiger partial charge < -0.3 is 14.2 Å². The number of rotatable bonds is 7. The molecular formula is C18H29NO3. The van der Waals surface area contributed by atoms with Gasteiger partial charge in [-0.15, -0.1) is 0 Å². The molecule has 0 N–H and O–H groups in total. The summed E-state index contributed by atoms with van der Waals surface area (Å²) in [5.41, 5.74) is 1.18. The second-order valence-corrected chi connectivity index (χ2v) is 6.23. The number of morpholine rings is 1. The second kappa shape index (κ2) is 8.39. The summed E-state index contributed by atoms with van der Waals surface area (Å²) in [6.07, 6.45) is 2.89. The Hall–Kier alpha value is -1.26. The van der Waals surface area contributed by atoms with Crippen molar-refractivity contribution in [2.24, 2.45) is 0 Å². The van der Waals surface area contributed by atoms with Gasteiger partial charge in [0.05, 0.1) is 25.9 Å². The fourth-order valence-electron chi connectivity index (χ4n) is 2.98. The molecule has 0 bridgehead atoms. The first-order chi connectivity index (χ1) is 10.6. The quantitative estimate of drug-likeness (QED) is 0.723. The lowest BCUT2D eigenvalue weighted by Crippen LogP contribution is -2.45. The van der Waals surface area contributed by atoms with E-state index in [1.165, 1.54) is 5.56 Å². The Labute approximate surface area is 134 Å². The predicted octanol–water partition coefficient (Wildman–Crippen LogP) is 3.27. The molecular weight excluding hydrogens is 278 g/mol. The molecule has 0 aromatic heterocycles. The minimum absolute atomic E-state index is 0.344. The summed E-state index contributed by atoms with van der Waals surface area (Å²) in [6, 6.07) is 6.04. The van der Waals surface area contributed by atoms with Crippen LogP contribution in [0.3, 0.4) is 0 Å². The Morgan fingerprint density at radius 1 is 1.14 bits per heavy atom. The van der Waals surface area contributed by atoms with Gasteiger partial charge in [-0.25, -0.2) is 0 Å². The zero-order valence-electron chi connectivity index (χ0n) is 14.3. The smallest absolute Gasteiger partial charge is 0.161 e. The van der Waals surface area contributed by atoms with Crippen LogP contribution in [-0.4, -0.2) is 50.5 Å². The number of benzene rings is 1. The molecule has 0 saturated carbocycles. The number of unbranched alkanes of at least 4 members (excludes halogenated alkanes) is 1. The maximum atomic E-state index is 5.85. The molecule has 1 aliphatic heterocycles. The average molecular weight is 307 g/mol. The fraction of sp³-hybridized carbons (Fsp3) is 0.667. The number of ether oxygens (including phenoxy) is 3. The van der Waals surface area contributed by atoms with E-state index in [0.717, 1.165) is 50.6 Å². The maximum Gasteiger partial charge on any atom is 0.161 e. The summed E-state index contributed by atoms with van der Waals surface area (Å²) < 4.78 is 17.0. The molecule has 2 rings (SSSR count). The largest absolute Gasteiger partial charge is 0.493 e. The van der Waals surface area contributed by atoms with Crippen LogP contribution in [0.15, 0.2) is 18.2 Å². The Balaban J connectivity index is 1.67. The topological polar surface area (TPSA) is 30.9 Å². The molecule has 124 valence electrons. The zero-order chi connectivity index (χ0) is 15.9. The Bertz CT molecular complexity index is 454. The number of hydrogen-bond acceptors (Lipinski definition) is 4. The van der Waals surface area contributed by atoms with Gasteiger partial charge in [0.2, 0.25) is 0 Å². The summed E-state index contributed by atoms with van der Waals surface area (Å²) >= 11 is 0. The molecule has 0 amide bonds. The molecule has 1 fully saturated rings. The van der Waals surface area contributed by atoms with Gasteiger partial charge in [0, 0.05) is 13.1 Å². The lowest BCUT2D eigenvalue weighted by atomic mass is 10.2. The molecule has 4 nitrogen and oxygen atoms in total. The molecule has 1 aromatic rings. The molecule has 0 radical (unpaired) electrons. The van der Waals surface area contributed by atoms with E-state index in [4.69, 9.17) is 14.2 Å². The number of hydrogen-bond donors (Lipinski definition) is 0. The van der Waals surface area contributed by atoms with E-state index in [1.807, 2.05) is 18.2 Å². The summed E-state index contributed by atoms with van der Waals surface area (Å²) in [5, 5.41) is 0. The third kappa shape index (κ3) is 5.18. The third-order valence-electron chi connectivity index (χ3n) is 3.94. The second-order valence-electron chi connectivity index (χ2n) is 6.23. The summed E-state index contributed by atoms with van der Waals surface area (Å²) in [6.45, 7) is 10.3. The summed E-state index contributed by atoms with van der Waals surface area (Å²) in [4.78, 5) is 2.49. The molecule has 0 unspecified atom stereocenters. The highest BCUT2D eigenvalue weighted by atomic mass is 16.5. The summed E-state index contributed by atoms with van der Waals surface area (Å²) in [7, 11) is 1.68. The van der Waals surface area contributed by atoms with E-state index in [0.29, 0.717) is 12.2 Å². The highest BCUT2D eigenvalue weighted by molar-refractivity contribution is 5.42. The van der Waals surface area contributed by atoms with Gasteiger partial charge in [-0.1, -0.05) is 6.07 Å². The molecule has 0 spiro atoms. The van der Waals surface area contributed by atoms with Gasteiger partial charge in [0.15, 0.2) is 11.5 Å². The van der Waals surface area contributed by atoms with Gasteiger partial charge in [-0.2, -0.15) is 0 Å². The van der Waals surface area contributed by atoms with E-state index in [9.17, 15) is 0 Å². The Kier molecular flexibility index (Phi) is 6.52. The Morgan fingerprint density at radius 2 is 1.86 bits per heavy atom. The number of aryl methyl sites for hydroxylation is 1. The van der Waals surface area contributed by atoms with Crippen molar-refractivity contribution >= 4 is 0 Å². The van der Waals surface area contributed by atoms with Crippen LogP contribution in [0.5, 0.6) is 11.5 Å². The van der Waals surface area contributed by atoms with Crippen molar-refractivity contribution in [3.05, 3.63) is 23.8 Å². The van der Waals surface area contributed by atoms with Crippen LogP contribution >= 0.6 is 0 Å². The van der Waals surface area contributed by atoms with Crippen LogP contribution in [-0.2, 0) is 4.74 Å². The SMILES string of the molecule is COc1cc(C)ccc1OCCCCN1C[C@@H](C)O[C@H](C)C1. The van der Waals surface area contributed by atoms with Gasteiger partial charge in [-0.3, -0.25) is 4.90 Å². The van der Waals surface area contributed by atoms with Crippen molar-refractivity contribution in [3.63, 3.8) is 0 Å². The molecule has 1 aliphatic rings. The van der Waals surface area contributed by atoms with Crippen LogP contribution in [0.25, 0.3) is 0 Å². The van der Waals surface area contributed by atoms with Gasteiger partial charge in [0.1, 0.15) is 0 Å². The van der Waals surface area contributed by atoms with Gasteiger partial charge in [-0.05, 0) is 57.9 Å². The third-order valence-corrected chi connectivity index (χ3v) is 3.94. The van der Waals surface area contributed by atoms with Crippen molar-refractivity contribution in [2.45, 2.75) is 45.8 Å². The van der Waals surface area contributed by atoms with Crippen molar-refractivity contribution in [1.29, 1.82) is 0 Å². The Morgan fingerprint density at radius 3 is 2.55 bits per heavy atom. The number of methoxy groups -OCH3 is 1. The molecule has 0 aliphatic carbocycles. The van der Waals surface area contributed by atoms with Crippen LogP contribution < -0.4 is 9.47 Å². The van der Waals surface area contributed by atoms with E-state index in [2.05, 4.69) is 25.7 Å². The van der Waals surface area contributed by atoms with Crippen LogP contribution in [0, 0.1) is 6.92 Å². The molecule has 1 aromatic carbocycles. The molecule has 4 heteroatoms. The zero-order valence-corrected chi connectivity index (χ0v) is 14.3. The van der Waals surface area contributed by atoms with Crippen molar-refractivity contribution in [3.8, 4) is 11.5 Å². The van der Waals surface area contributed by atoms with Crippen molar-refractivity contribution in [2.75, 3.05) is 33.4 Å². The lowest BCUT2D eigenvalue weighted by molar-refractivity contribution is -0.0682. The normalized spacial score (nSPS) is 22.5. The minimum Gasteiger partial charge on any atom is -0.493 e. The lowest BCUT2D eigenvalue weighted by Gasteiger charge is -2.35. The first kappa shape index (κ1) is 17.1. The van der Waals surface area contributed by atoms with E-state index in [-0.39, 0.29) is 0 Å². The monoisotopic (exact) mass is 307 g/mol. The van der Waals surface area contributed by atoms with Crippen LogP contribution in [0.2, 0.25) is 0 Å². The first-order valence-corrected chi connectivity index (χ1v) is 8.23. The molecule has 22 heavy (non-hydrogen) atoms. The standard InChI is InChI=1S/C18H29NO3/c1-14-7-8-17(18(11-14)20-4)21-10-6-5-9-19-12-15(2)22-16(3)13-19/h7-8,11,15-16H,5-6,9-10,12-13H2,1-4H3/t15-,16-/m1/s1. The van der Waals surface area contributed by atoms with Gasteiger partial charge in [0.25, 0.3) is 0 Å². The van der Waals surface area contributed by atoms with Crippen molar-refractivity contribution < 1.29 is 14.2 Å². The highest BCUT2D eigenvalue weighted by Gasteiger charge is 2.21. The number of nitrogens with zero attached hydrogens (tertiary/aromatic N) is 1.